The van der Waals surface area contributed by atoms with Crippen molar-refractivity contribution in [2.45, 2.75) is 45.4 Å². The molecule has 0 bridgehead atoms. The van der Waals surface area contributed by atoms with Gasteiger partial charge in [-0.1, -0.05) is 26.2 Å². The zero-order chi connectivity index (χ0) is 8.16. The van der Waals surface area contributed by atoms with E-state index in [-0.39, 0.29) is 0 Å². The summed E-state index contributed by atoms with van der Waals surface area (Å²) in [4.78, 5) is 0. The fourth-order valence-corrected chi connectivity index (χ4v) is 2.08. The summed E-state index contributed by atoms with van der Waals surface area (Å²) in [7, 11) is 2.05. The Labute approximate surface area is 70.6 Å². The fourth-order valence-electron chi connectivity index (χ4n) is 2.08. The summed E-state index contributed by atoms with van der Waals surface area (Å²) in [5, 5.41) is 3.24. The highest BCUT2D eigenvalue weighted by Crippen LogP contribution is 2.38. The molecule has 0 aromatic heterocycles. The van der Waals surface area contributed by atoms with E-state index in [1.807, 2.05) is 7.05 Å². The van der Waals surface area contributed by atoms with Crippen LogP contribution in [0.1, 0.15) is 45.4 Å². The Bertz CT molecular complexity index is 103. The summed E-state index contributed by atoms with van der Waals surface area (Å²) in [5.41, 5.74) is 0.668. The Morgan fingerprint density at radius 1 is 1.18 bits per heavy atom. The van der Waals surface area contributed by atoms with Crippen LogP contribution in [0.3, 0.4) is 0 Å². The maximum Gasteiger partial charge on any atom is -0.00467 e. The van der Waals surface area contributed by atoms with Gasteiger partial charge in [0.15, 0.2) is 0 Å². The van der Waals surface area contributed by atoms with Crippen LogP contribution in [0.4, 0.5) is 0 Å². The molecule has 0 spiro atoms. The lowest BCUT2D eigenvalue weighted by atomic mass is 9.73. The molecule has 1 aliphatic carbocycles. The van der Waals surface area contributed by atoms with E-state index in [2.05, 4.69) is 12.2 Å². The largest absolute Gasteiger partial charge is 0.320 e. The molecule has 0 unspecified atom stereocenters. The molecule has 0 saturated heterocycles. The van der Waals surface area contributed by atoms with Crippen molar-refractivity contribution in [3.05, 3.63) is 0 Å². The molecule has 1 fully saturated rings. The van der Waals surface area contributed by atoms with Gasteiger partial charge in [-0.25, -0.2) is 0 Å². The third kappa shape index (κ3) is 2.82. The average Bonchev–Trinajstić information content (AvgIpc) is 2.03. The van der Waals surface area contributed by atoms with E-state index in [4.69, 9.17) is 0 Å². The van der Waals surface area contributed by atoms with E-state index in [1.165, 1.54) is 45.1 Å². The van der Waals surface area contributed by atoms with Crippen LogP contribution in [-0.4, -0.2) is 13.6 Å². The summed E-state index contributed by atoms with van der Waals surface area (Å²) in [5.74, 6) is 0. The molecule has 1 N–H and O–H groups in total. The molecule has 11 heavy (non-hydrogen) atoms. The van der Waals surface area contributed by atoms with E-state index in [0.717, 1.165) is 0 Å². The van der Waals surface area contributed by atoms with Gasteiger partial charge in [0.05, 0.1) is 0 Å². The van der Waals surface area contributed by atoms with Gasteiger partial charge >= 0.3 is 0 Å². The van der Waals surface area contributed by atoms with Gasteiger partial charge in [-0.3, -0.25) is 0 Å². The van der Waals surface area contributed by atoms with Crippen LogP contribution in [0.25, 0.3) is 0 Å². The molecule has 1 rings (SSSR count). The maximum atomic E-state index is 3.24. The fraction of sp³-hybridized carbons (Fsp3) is 1.00. The zero-order valence-electron chi connectivity index (χ0n) is 7.95. The summed E-state index contributed by atoms with van der Waals surface area (Å²) in [6.45, 7) is 3.64. The van der Waals surface area contributed by atoms with Gasteiger partial charge in [0, 0.05) is 0 Å². The van der Waals surface area contributed by atoms with E-state index >= 15 is 0 Å². The summed E-state index contributed by atoms with van der Waals surface area (Å²) >= 11 is 0. The number of hydrogen-bond donors (Lipinski definition) is 1. The van der Waals surface area contributed by atoms with Crippen molar-refractivity contribution in [2.75, 3.05) is 13.6 Å². The molecule has 1 nitrogen and oxygen atoms in total. The topological polar surface area (TPSA) is 12.0 Å². The maximum absolute atomic E-state index is 3.24. The van der Waals surface area contributed by atoms with E-state index in [1.54, 1.807) is 0 Å². The molecule has 0 aromatic rings. The van der Waals surface area contributed by atoms with Crippen molar-refractivity contribution >= 4 is 0 Å². The van der Waals surface area contributed by atoms with Crippen molar-refractivity contribution in [3.8, 4) is 0 Å². The van der Waals surface area contributed by atoms with E-state index in [9.17, 15) is 0 Å². The molecule has 0 heterocycles. The lowest BCUT2D eigenvalue weighted by Gasteiger charge is -2.33. The second-order valence-electron chi connectivity index (χ2n) is 4.22. The molecular formula is C10H21N. The third-order valence-electron chi connectivity index (χ3n) is 3.04. The number of hydrogen-bond acceptors (Lipinski definition) is 1. The molecule has 0 radical (unpaired) electrons. The van der Waals surface area contributed by atoms with Gasteiger partial charge in [-0.05, 0) is 38.3 Å². The zero-order valence-corrected chi connectivity index (χ0v) is 7.95. The van der Waals surface area contributed by atoms with E-state index < -0.39 is 0 Å². The van der Waals surface area contributed by atoms with Gasteiger partial charge in [0.2, 0.25) is 0 Å². The van der Waals surface area contributed by atoms with Crippen molar-refractivity contribution < 1.29 is 0 Å². The van der Waals surface area contributed by atoms with Gasteiger partial charge in [-0.2, -0.15) is 0 Å². The smallest absolute Gasteiger partial charge is 0.00467 e. The van der Waals surface area contributed by atoms with Crippen molar-refractivity contribution in [1.82, 2.24) is 5.32 Å². The minimum absolute atomic E-state index is 0.668. The number of rotatable bonds is 3. The van der Waals surface area contributed by atoms with Crippen LogP contribution >= 0.6 is 0 Å². The Morgan fingerprint density at radius 2 is 1.82 bits per heavy atom. The molecule has 0 atom stereocenters. The molecule has 66 valence electrons. The molecule has 0 aliphatic heterocycles. The monoisotopic (exact) mass is 155 g/mol. The van der Waals surface area contributed by atoms with Gasteiger partial charge in [0.25, 0.3) is 0 Å². The number of nitrogens with one attached hydrogen (secondary N) is 1. The first-order chi connectivity index (χ1) is 5.27. The van der Waals surface area contributed by atoms with Gasteiger partial charge < -0.3 is 5.32 Å². The predicted octanol–water partition coefficient (Wildman–Crippen LogP) is 2.57. The highest BCUT2D eigenvalue weighted by Gasteiger charge is 2.25. The summed E-state index contributed by atoms with van der Waals surface area (Å²) in [6.07, 6.45) is 8.66. The van der Waals surface area contributed by atoms with Gasteiger partial charge in [-0.15, -0.1) is 0 Å². The van der Waals surface area contributed by atoms with Crippen molar-refractivity contribution in [1.29, 1.82) is 0 Å². The van der Waals surface area contributed by atoms with Crippen LogP contribution in [0.5, 0.6) is 0 Å². The molecule has 1 saturated carbocycles. The lowest BCUT2D eigenvalue weighted by molar-refractivity contribution is 0.199. The molecule has 0 aromatic carbocycles. The molecule has 1 heteroatoms. The van der Waals surface area contributed by atoms with Crippen LogP contribution in [-0.2, 0) is 0 Å². The first kappa shape index (κ1) is 9.05. The Morgan fingerprint density at radius 3 is 2.36 bits per heavy atom. The predicted molar refractivity (Wildman–Crippen MR) is 49.7 cm³/mol. The Hall–Kier alpha value is -0.0400. The quantitative estimate of drug-likeness (QED) is 0.660. The second kappa shape index (κ2) is 4.10. The minimum Gasteiger partial charge on any atom is -0.320 e. The van der Waals surface area contributed by atoms with Crippen LogP contribution in [0.2, 0.25) is 0 Å². The molecule has 1 aliphatic rings. The highest BCUT2D eigenvalue weighted by atomic mass is 14.8. The van der Waals surface area contributed by atoms with Crippen molar-refractivity contribution in [2.24, 2.45) is 5.41 Å². The van der Waals surface area contributed by atoms with Crippen LogP contribution < -0.4 is 5.32 Å². The Balaban J connectivity index is 2.25. The van der Waals surface area contributed by atoms with Crippen LogP contribution in [0.15, 0.2) is 0 Å². The Kier molecular flexibility index (Phi) is 3.38. The second-order valence-corrected chi connectivity index (χ2v) is 4.22. The normalized spacial score (nSPS) is 23.5. The first-order valence-electron chi connectivity index (χ1n) is 4.91. The van der Waals surface area contributed by atoms with Crippen LogP contribution in [0, 0.1) is 5.41 Å². The van der Waals surface area contributed by atoms with E-state index in [0.29, 0.717) is 5.41 Å². The third-order valence-corrected chi connectivity index (χ3v) is 3.04. The summed E-state index contributed by atoms with van der Waals surface area (Å²) in [6, 6.07) is 0. The minimum atomic E-state index is 0.668. The first-order valence-corrected chi connectivity index (χ1v) is 4.91. The SMILES string of the molecule is CNCCC1(C)CCCCC1. The molecule has 0 amide bonds. The van der Waals surface area contributed by atoms with Crippen molar-refractivity contribution in [3.63, 3.8) is 0 Å². The lowest BCUT2D eigenvalue weighted by Crippen LogP contribution is -2.24. The average molecular weight is 155 g/mol. The van der Waals surface area contributed by atoms with Gasteiger partial charge in [0.1, 0.15) is 0 Å². The standard InChI is InChI=1S/C10H21N/c1-10(8-9-11-2)6-4-3-5-7-10/h11H,3-9H2,1-2H3. The molecular weight excluding hydrogens is 134 g/mol. The summed E-state index contributed by atoms with van der Waals surface area (Å²) < 4.78 is 0. The highest BCUT2D eigenvalue weighted by molar-refractivity contribution is 4.78.